The molecular formula is C24H32F2N6O3. The minimum absolute atomic E-state index is 0.0598. The average molecular weight is 491 g/mol. The van der Waals surface area contributed by atoms with Crippen molar-refractivity contribution < 1.29 is 23.5 Å². The van der Waals surface area contributed by atoms with Gasteiger partial charge >= 0.3 is 0 Å². The number of rotatable bonds is 8. The van der Waals surface area contributed by atoms with E-state index in [0.29, 0.717) is 18.0 Å². The molecule has 0 aromatic carbocycles. The van der Waals surface area contributed by atoms with Crippen molar-refractivity contribution >= 4 is 11.8 Å². The van der Waals surface area contributed by atoms with Crippen molar-refractivity contribution in [1.29, 1.82) is 0 Å². The molecule has 0 spiro atoms. The highest BCUT2D eigenvalue weighted by molar-refractivity contribution is 5.90. The fourth-order valence-electron chi connectivity index (χ4n) is 4.47. The second-order valence-electron chi connectivity index (χ2n) is 10.5. The fourth-order valence-corrected chi connectivity index (χ4v) is 4.47. The van der Waals surface area contributed by atoms with Crippen molar-refractivity contribution in [1.82, 2.24) is 30.2 Å². The van der Waals surface area contributed by atoms with Crippen LogP contribution in [0.25, 0.3) is 0 Å². The van der Waals surface area contributed by atoms with Crippen LogP contribution in [0.1, 0.15) is 75.4 Å². The average Bonchev–Trinajstić information content (AvgIpc) is 3.40. The molecule has 3 atom stereocenters. The summed E-state index contributed by atoms with van der Waals surface area (Å²) in [6.45, 7) is 6.08. The molecule has 4 rings (SSSR count). The number of alkyl halides is 2. The number of halogens is 2. The van der Waals surface area contributed by atoms with E-state index in [-0.39, 0.29) is 36.9 Å². The number of carbonyl (C=O) groups is 2. The van der Waals surface area contributed by atoms with Crippen LogP contribution in [0.5, 0.6) is 0 Å². The minimum atomic E-state index is -2.58. The van der Waals surface area contributed by atoms with Gasteiger partial charge in [-0.1, -0.05) is 26.0 Å². The van der Waals surface area contributed by atoms with Gasteiger partial charge in [0, 0.05) is 55.5 Å². The third-order valence-electron chi connectivity index (χ3n) is 6.49. The summed E-state index contributed by atoms with van der Waals surface area (Å²) in [6.07, 6.45) is 2.19. The number of aromatic nitrogens is 4. The van der Waals surface area contributed by atoms with Crippen LogP contribution in [0, 0.1) is 5.41 Å². The number of hydrogen-bond acceptors (Lipinski definition) is 6. The number of likely N-dealkylation sites (tertiary alicyclic amines) is 1. The summed E-state index contributed by atoms with van der Waals surface area (Å²) in [5, 5.41) is 21.6. The second kappa shape index (κ2) is 9.96. The van der Waals surface area contributed by atoms with Crippen LogP contribution in [-0.4, -0.2) is 67.0 Å². The monoisotopic (exact) mass is 490 g/mol. The Balaban J connectivity index is 1.42. The van der Waals surface area contributed by atoms with Crippen molar-refractivity contribution in [2.75, 3.05) is 13.1 Å². The Labute approximate surface area is 202 Å². The van der Waals surface area contributed by atoms with Crippen molar-refractivity contribution in [3.05, 3.63) is 41.5 Å². The predicted octanol–water partition coefficient (Wildman–Crippen LogP) is 2.40. The molecule has 2 fully saturated rings. The first kappa shape index (κ1) is 25.2. The van der Waals surface area contributed by atoms with Gasteiger partial charge in [-0.15, -0.1) is 5.10 Å². The molecule has 1 aliphatic heterocycles. The van der Waals surface area contributed by atoms with Gasteiger partial charge in [0.25, 0.3) is 6.43 Å². The first-order valence-electron chi connectivity index (χ1n) is 12.0. The third-order valence-corrected chi connectivity index (χ3v) is 6.49. The molecular weight excluding hydrogens is 458 g/mol. The van der Waals surface area contributed by atoms with E-state index in [1.807, 2.05) is 27.0 Å². The summed E-state index contributed by atoms with van der Waals surface area (Å²) in [6, 6.07) is 1.32. The SMILES string of the molecule is CC(C)(C)[C@@H](C(=O)N1CC(O)CC1C(=O)NCCc1ccc(C(F)F)cn1)n1cc(C2CC2)nn1. The first-order chi connectivity index (χ1) is 16.5. The Morgan fingerprint density at radius 2 is 2.00 bits per heavy atom. The summed E-state index contributed by atoms with van der Waals surface area (Å²) in [5.74, 6) is -0.262. The predicted molar refractivity (Wildman–Crippen MR) is 123 cm³/mol. The lowest BCUT2D eigenvalue weighted by Gasteiger charge is -2.34. The van der Waals surface area contributed by atoms with E-state index in [1.165, 1.54) is 17.0 Å². The first-order valence-corrected chi connectivity index (χ1v) is 12.0. The zero-order chi connectivity index (χ0) is 25.3. The number of hydrogen-bond donors (Lipinski definition) is 2. The largest absolute Gasteiger partial charge is 0.391 e. The number of pyridine rings is 1. The van der Waals surface area contributed by atoms with E-state index >= 15 is 0 Å². The molecule has 1 aliphatic carbocycles. The van der Waals surface area contributed by atoms with Crippen LogP contribution in [-0.2, 0) is 16.0 Å². The van der Waals surface area contributed by atoms with Crippen LogP contribution < -0.4 is 5.32 Å². The van der Waals surface area contributed by atoms with Crippen molar-refractivity contribution in [3.63, 3.8) is 0 Å². The maximum absolute atomic E-state index is 13.7. The van der Waals surface area contributed by atoms with E-state index in [2.05, 4.69) is 20.6 Å². The van der Waals surface area contributed by atoms with Crippen LogP contribution in [0.15, 0.2) is 24.5 Å². The Kier molecular flexibility index (Phi) is 7.16. The summed E-state index contributed by atoms with van der Waals surface area (Å²) >= 11 is 0. The van der Waals surface area contributed by atoms with Crippen molar-refractivity contribution in [2.45, 2.75) is 77.0 Å². The van der Waals surface area contributed by atoms with Crippen LogP contribution in [0.4, 0.5) is 8.78 Å². The molecule has 2 aromatic heterocycles. The van der Waals surface area contributed by atoms with Gasteiger partial charge in [-0.2, -0.15) is 0 Å². The second-order valence-corrected chi connectivity index (χ2v) is 10.5. The van der Waals surface area contributed by atoms with Gasteiger partial charge in [0.05, 0.1) is 11.8 Å². The lowest BCUT2D eigenvalue weighted by atomic mass is 9.85. The van der Waals surface area contributed by atoms with Gasteiger partial charge in [0.15, 0.2) is 0 Å². The molecule has 2 unspecified atom stereocenters. The standard InChI is InChI=1S/C24H32F2N6O3/c1-24(2,3)20(32-13-18(29-30-32)14-4-5-14)23(35)31-12-17(33)10-19(31)22(34)27-9-8-16-7-6-15(11-28-16)21(25)26/h6-7,11,13-14,17,19-21,33H,4-5,8-10,12H2,1-3H3,(H,27,34)/t17?,19?,20-/m1/s1. The lowest BCUT2D eigenvalue weighted by molar-refractivity contribution is -0.144. The molecule has 9 nitrogen and oxygen atoms in total. The van der Waals surface area contributed by atoms with Crippen LogP contribution in [0.2, 0.25) is 0 Å². The Morgan fingerprint density at radius 3 is 2.60 bits per heavy atom. The van der Waals surface area contributed by atoms with Gasteiger partial charge in [-0.05, 0) is 30.4 Å². The molecule has 35 heavy (non-hydrogen) atoms. The minimum Gasteiger partial charge on any atom is -0.391 e. The molecule has 2 N–H and O–H groups in total. The lowest BCUT2D eigenvalue weighted by Crippen LogP contribution is -2.50. The fraction of sp³-hybridized carbons (Fsp3) is 0.625. The molecule has 2 amide bonds. The molecule has 190 valence electrons. The van der Waals surface area contributed by atoms with Gasteiger partial charge in [0.2, 0.25) is 11.8 Å². The van der Waals surface area contributed by atoms with Gasteiger partial charge < -0.3 is 15.3 Å². The van der Waals surface area contributed by atoms with E-state index in [1.54, 1.807) is 4.68 Å². The molecule has 11 heteroatoms. The Morgan fingerprint density at radius 1 is 1.26 bits per heavy atom. The maximum atomic E-state index is 13.7. The van der Waals surface area contributed by atoms with Gasteiger partial charge in [-0.25, -0.2) is 13.5 Å². The zero-order valence-electron chi connectivity index (χ0n) is 20.2. The summed E-state index contributed by atoms with van der Waals surface area (Å²) in [7, 11) is 0. The highest BCUT2D eigenvalue weighted by Crippen LogP contribution is 2.40. The van der Waals surface area contributed by atoms with Crippen molar-refractivity contribution in [2.24, 2.45) is 5.41 Å². The Hall–Kier alpha value is -2.95. The van der Waals surface area contributed by atoms with E-state index < -0.39 is 30.0 Å². The summed E-state index contributed by atoms with van der Waals surface area (Å²) in [4.78, 5) is 32.1. The number of aliphatic hydroxyl groups is 1. The van der Waals surface area contributed by atoms with Gasteiger partial charge in [0.1, 0.15) is 12.1 Å². The molecule has 1 saturated heterocycles. The topological polar surface area (TPSA) is 113 Å². The Bertz CT molecular complexity index is 1050. The molecule has 0 radical (unpaired) electrons. The molecule has 2 aromatic rings. The quantitative estimate of drug-likeness (QED) is 0.588. The maximum Gasteiger partial charge on any atom is 0.265 e. The number of nitrogens with zero attached hydrogens (tertiary/aromatic N) is 5. The van der Waals surface area contributed by atoms with Crippen LogP contribution in [0.3, 0.4) is 0 Å². The molecule has 1 saturated carbocycles. The molecule has 2 aliphatic rings. The number of carbonyl (C=O) groups excluding carboxylic acids is 2. The van der Waals surface area contributed by atoms with E-state index in [9.17, 15) is 23.5 Å². The summed E-state index contributed by atoms with van der Waals surface area (Å²) < 4.78 is 27.0. The smallest absolute Gasteiger partial charge is 0.265 e. The highest BCUT2D eigenvalue weighted by atomic mass is 19.3. The van der Waals surface area contributed by atoms with Gasteiger partial charge in [-0.3, -0.25) is 14.6 Å². The van der Waals surface area contributed by atoms with E-state index in [0.717, 1.165) is 24.7 Å². The number of nitrogens with one attached hydrogen (secondary N) is 1. The normalized spacial score (nSPS) is 21.4. The van der Waals surface area contributed by atoms with Crippen molar-refractivity contribution in [3.8, 4) is 0 Å². The number of amides is 2. The third kappa shape index (κ3) is 5.83. The number of β-amino-alcohol motifs (C(OH)–C–C–N with tert-alkyl or cyclic N) is 1. The highest BCUT2D eigenvalue weighted by Gasteiger charge is 2.45. The molecule has 0 bridgehead atoms. The zero-order valence-corrected chi connectivity index (χ0v) is 20.2. The summed E-state index contributed by atoms with van der Waals surface area (Å²) in [5.41, 5.74) is 0.783. The van der Waals surface area contributed by atoms with Crippen LogP contribution >= 0.6 is 0 Å². The molecule has 3 heterocycles. The number of aliphatic hydroxyl groups excluding tert-OH is 1. The van der Waals surface area contributed by atoms with E-state index in [4.69, 9.17) is 0 Å².